The summed E-state index contributed by atoms with van der Waals surface area (Å²) in [7, 11) is 0. The molecule has 1 amide bonds. The number of aryl methyl sites for hydroxylation is 1. The summed E-state index contributed by atoms with van der Waals surface area (Å²) in [5.74, 6) is 0.462. The van der Waals surface area contributed by atoms with Crippen LogP contribution in [0.4, 0.5) is 0 Å². The topological polar surface area (TPSA) is 78.2 Å². The molecule has 2 aromatic carbocycles. The number of hydrogen-bond donors (Lipinski definition) is 1. The highest BCUT2D eigenvalue weighted by Gasteiger charge is 2.16. The number of nitrogens with zero attached hydrogens (tertiary/aromatic N) is 3. The van der Waals surface area contributed by atoms with Crippen LogP contribution in [0, 0.1) is 0 Å². The third-order valence-electron chi connectivity index (χ3n) is 5.26. The van der Waals surface area contributed by atoms with Crippen LogP contribution in [0.1, 0.15) is 25.8 Å². The molecule has 2 heterocycles. The minimum atomic E-state index is -0.279. The lowest BCUT2D eigenvalue weighted by Crippen LogP contribution is -2.34. The van der Waals surface area contributed by atoms with Gasteiger partial charge in [0.05, 0.1) is 12.8 Å². The quantitative estimate of drug-likeness (QED) is 0.475. The fourth-order valence-electron chi connectivity index (χ4n) is 3.89. The first kappa shape index (κ1) is 20.7. The molecule has 2 aromatic heterocycles. The second-order valence-corrected chi connectivity index (χ2v) is 7.36. The van der Waals surface area contributed by atoms with Gasteiger partial charge in [0.25, 0.3) is 5.56 Å². The monoisotopic (exact) mass is 418 g/mol. The molecule has 0 fully saturated rings. The number of ether oxygens (including phenoxy) is 1. The van der Waals surface area contributed by atoms with Gasteiger partial charge in [-0.15, -0.1) is 0 Å². The van der Waals surface area contributed by atoms with E-state index in [-0.39, 0.29) is 18.0 Å². The summed E-state index contributed by atoms with van der Waals surface area (Å²) >= 11 is 0. The zero-order chi connectivity index (χ0) is 21.8. The number of carbonyl (C=O) groups excluding carboxylic acids is 1. The molecule has 0 unspecified atom stereocenters. The Bertz CT molecular complexity index is 1290. The van der Waals surface area contributed by atoms with E-state index < -0.39 is 0 Å². The largest absolute Gasteiger partial charge is 0.494 e. The number of para-hydroxylation sites is 2. The van der Waals surface area contributed by atoms with Gasteiger partial charge >= 0.3 is 0 Å². The first-order valence-electron chi connectivity index (χ1n) is 10.6. The molecule has 160 valence electrons. The van der Waals surface area contributed by atoms with E-state index in [0.717, 1.165) is 40.6 Å². The highest BCUT2D eigenvalue weighted by atomic mass is 16.5. The Hall–Kier alpha value is -3.61. The maximum Gasteiger partial charge on any atom is 0.291 e. The number of aromatic nitrogens is 3. The maximum atomic E-state index is 13.2. The molecule has 0 spiro atoms. The fraction of sp³-hybridized carbons (Fsp3) is 0.292. The van der Waals surface area contributed by atoms with Crippen molar-refractivity contribution >= 4 is 27.7 Å². The molecule has 31 heavy (non-hydrogen) atoms. The summed E-state index contributed by atoms with van der Waals surface area (Å²) in [5, 5.41) is 8.96. The number of carbonyl (C=O) groups is 1. The first-order valence-corrected chi connectivity index (χ1v) is 10.6. The molecular formula is C24H26N4O3. The van der Waals surface area contributed by atoms with Gasteiger partial charge in [-0.25, -0.2) is 4.68 Å². The summed E-state index contributed by atoms with van der Waals surface area (Å²) in [6.45, 7) is 5.45. The summed E-state index contributed by atoms with van der Waals surface area (Å²) in [4.78, 5) is 25.8. The second-order valence-electron chi connectivity index (χ2n) is 7.36. The highest BCUT2D eigenvalue weighted by Crippen LogP contribution is 2.26. The zero-order valence-corrected chi connectivity index (χ0v) is 17.8. The van der Waals surface area contributed by atoms with E-state index in [2.05, 4.69) is 17.3 Å². The van der Waals surface area contributed by atoms with Crippen molar-refractivity contribution < 1.29 is 9.53 Å². The Morgan fingerprint density at radius 2 is 1.84 bits per heavy atom. The van der Waals surface area contributed by atoms with Crippen LogP contribution in [-0.4, -0.2) is 26.9 Å². The van der Waals surface area contributed by atoms with Crippen molar-refractivity contribution in [1.29, 1.82) is 0 Å². The minimum absolute atomic E-state index is 0.140. The zero-order valence-electron chi connectivity index (χ0n) is 17.8. The van der Waals surface area contributed by atoms with E-state index in [9.17, 15) is 9.59 Å². The molecule has 0 aliphatic carbocycles. The van der Waals surface area contributed by atoms with Gasteiger partial charge in [0.15, 0.2) is 0 Å². The van der Waals surface area contributed by atoms with Crippen molar-refractivity contribution in [2.75, 3.05) is 6.61 Å². The van der Waals surface area contributed by atoms with Crippen molar-refractivity contribution in [3.63, 3.8) is 0 Å². The predicted octanol–water partition coefficient (Wildman–Crippen LogP) is 3.48. The Labute approximate surface area is 180 Å². The lowest BCUT2D eigenvalue weighted by Gasteiger charge is -2.11. The van der Waals surface area contributed by atoms with Crippen LogP contribution in [0.5, 0.6) is 5.75 Å². The van der Waals surface area contributed by atoms with E-state index in [0.29, 0.717) is 18.7 Å². The molecule has 0 saturated heterocycles. The fourth-order valence-corrected chi connectivity index (χ4v) is 3.89. The molecule has 7 nitrogen and oxygen atoms in total. The minimum Gasteiger partial charge on any atom is -0.494 e. The van der Waals surface area contributed by atoms with Crippen molar-refractivity contribution in [1.82, 2.24) is 19.7 Å². The Morgan fingerprint density at radius 1 is 1.06 bits per heavy atom. The average molecular weight is 418 g/mol. The molecule has 0 aliphatic rings. The summed E-state index contributed by atoms with van der Waals surface area (Å²) < 4.78 is 8.86. The Kier molecular flexibility index (Phi) is 6.02. The third kappa shape index (κ3) is 4.03. The molecular weight excluding hydrogens is 392 g/mol. The first-order chi connectivity index (χ1) is 15.1. The van der Waals surface area contributed by atoms with Crippen molar-refractivity contribution in [2.45, 2.75) is 39.9 Å². The van der Waals surface area contributed by atoms with E-state index in [1.807, 2.05) is 60.0 Å². The van der Waals surface area contributed by atoms with Gasteiger partial charge in [-0.2, -0.15) is 5.10 Å². The van der Waals surface area contributed by atoms with Crippen molar-refractivity contribution in [3.8, 4) is 5.75 Å². The van der Waals surface area contributed by atoms with Gasteiger partial charge in [-0.05, 0) is 25.5 Å². The van der Waals surface area contributed by atoms with Crippen molar-refractivity contribution in [3.05, 3.63) is 70.6 Å². The summed E-state index contributed by atoms with van der Waals surface area (Å²) in [6.07, 6.45) is 2.58. The molecule has 4 rings (SSSR count). The van der Waals surface area contributed by atoms with Crippen molar-refractivity contribution in [2.24, 2.45) is 0 Å². The molecule has 1 N–H and O–H groups in total. The number of amides is 1. The number of benzene rings is 2. The van der Waals surface area contributed by atoms with Gasteiger partial charge in [-0.1, -0.05) is 43.3 Å². The summed E-state index contributed by atoms with van der Waals surface area (Å²) in [5.41, 5.74) is 2.23. The number of hydrogen-bond acceptors (Lipinski definition) is 4. The van der Waals surface area contributed by atoms with Gasteiger partial charge in [0.2, 0.25) is 5.91 Å². The standard InChI is InChI=1S/C24H26N4O3/c1-3-13-27-20-11-7-6-10-18(20)19-15-26-28(24(30)23(19)27)16-22(29)25-14-17-9-5-8-12-21(17)31-4-2/h5-12,15H,3-4,13-14,16H2,1-2H3,(H,25,29). The normalized spacial score (nSPS) is 11.2. The summed E-state index contributed by atoms with van der Waals surface area (Å²) in [6, 6.07) is 15.5. The second kappa shape index (κ2) is 9.04. The predicted molar refractivity (Wildman–Crippen MR) is 121 cm³/mol. The molecule has 0 radical (unpaired) electrons. The van der Waals surface area contributed by atoms with E-state index >= 15 is 0 Å². The Balaban J connectivity index is 1.60. The lowest BCUT2D eigenvalue weighted by atomic mass is 10.2. The lowest BCUT2D eigenvalue weighted by molar-refractivity contribution is -0.122. The van der Waals surface area contributed by atoms with Crippen LogP contribution in [0.2, 0.25) is 0 Å². The van der Waals surface area contributed by atoms with Crippen LogP contribution in [-0.2, 0) is 24.4 Å². The molecule has 0 atom stereocenters. The van der Waals surface area contributed by atoms with Gasteiger partial charge in [0.1, 0.15) is 17.8 Å². The van der Waals surface area contributed by atoms with E-state index in [4.69, 9.17) is 4.74 Å². The number of fused-ring (bicyclic) bond motifs is 3. The van der Waals surface area contributed by atoms with Gasteiger partial charge < -0.3 is 14.6 Å². The average Bonchev–Trinajstić information content (AvgIpc) is 3.10. The molecule has 0 aliphatic heterocycles. The van der Waals surface area contributed by atoms with Crippen LogP contribution in [0.15, 0.2) is 59.5 Å². The SMILES string of the molecule is CCCn1c2ccccc2c2cnn(CC(=O)NCc3ccccc3OCC)c(=O)c21. The van der Waals surface area contributed by atoms with Gasteiger partial charge in [-0.3, -0.25) is 9.59 Å². The molecule has 4 aromatic rings. The van der Waals surface area contributed by atoms with Crippen LogP contribution < -0.4 is 15.6 Å². The molecule has 0 bridgehead atoms. The highest BCUT2D eigenvalue weighted by molar-refractivity contribution is 6.07. The van der Waals surface area contributed by atoms with Gasteiger partial charge in [0, 0.05) is 34.9 Å². The third-order valence-corrected chi connectivity index (χ3v) is 5.26. The molecule has 7 heteroatoms. The van der Waals surface area contributed by atoms with Crippen LogP contribution in [0.25, 0.3) is 21.8 Å². The molecule has 0 saturated carbocycles. The number of nitrogens with one attached hydrogen (secondary N) is 1. The van der Waals surface area contributed by atoms with Crippen LogP contribution in [0.3, 0.4) is 0 Å². The smallest absolute Gasteiger partial charge is 0.291 e. The maximum absolute atomic E-state index is 13.2. The number of rotatable bonds is 8. The van der Waals surface area contributed by atoms with Crippen LogP contribution >= 0.6 is 0 Å². The van der Waals surface area contributed by atoms with E-state index in [1.165, 1.54) is 4.68 Å². The van der Waals surface area contributed by atoms with E-state index in [1.54, 1.807) is 6.20 Å². The Morgan fingerprint density at radius 3 is 2.65 bits per heavy atom.